The van der Waals surface area contributed by atoms with Crippen molar-refractivity contribution in [1.82, 2.24) is 9.78 Å². The normalized spacial score (nSPS) is 13.1. The lowest BCUT2D eigenvalue weighted by atomic mass is 10.4. The van der Waals surface area contributed by atoms with Crippen LogP contribution in [0.25, 0.3) is 0 Å². The van der Waals surface area contributed by atoms with Crippen molar-refractivity contribution < 1.29 is 21.6 Å². The Bertz CT molecular complexity index is 480. The van der Waals surface area contributed by atoms with Gasteiger partial charge in [-0.3, -0.25) is 4.68 Å². The highest BCUT2D eigenvalue weighted by Crippen LogP contribution is 2.23. The van der Waals surface area contributed by atoms with Crippen molar-refractivity contribution in [2.24, 2.45) is 0 Å². The van der Waals surface area contributed by atoms with E-state index in [9.17, 15) is 21.6 Å². The van der Waals surface area contributed by atoms with E-state index in [1.54, 1.807) is 0 Å². The largest absolute Gasteiger partial charge is 0.390 e. The van der Waals surface area contributed by atoms with Gasteiger partial charge in [0.1, 0.15) is 4.90 Å². The Morgan fingerprint density at radius 3 is 2.44 bits per heavy atom. The third-order valence-electron chi connectivity index (χ3n) is 1.93. The van der Waals surface area contributed by atoms with E-state index in [0.29, 0.717) is 0 Å². The second kappa shape index (κ2) is 4.25. The van der Waals surface area contributed by atoms with Gasteiger partial charge in [-0.2, -0.15) is 18.3 Å². The van der Waals surface area contributed by atoms with Crippen LogP contribution in [0.3, 0.4) is 0 Å². The van der Waals surface area contributed by atoms with E-state index in [1.807, 2.05) is 0 Å². The molecule has 0 aromatic carbocycles. The summed E-state index contributed by atoms with van der Waals surface area (Å²) in [5, 5.41) is 3.54. The molecule has 92 valence electrons. The molecule has 4 nitrogen and oxygen atoms in total. The van der Waals surface area contributed by atoms with E-state index in [4.69, 9.17) is 10.7 Å². The summed E-state index contributed by atoms with van der Waals surface area (Å²) in [7, 11) is 1.11. The van der Waals surface area contributed by atoms with E-state index in [0.717, 1.165) is 10.9 Å². The zero-order chi connectivity index (χ0) is 12.6. The number of halogens is 4. The monoisotopic (exact) mass is 276 g/mol. The van der Waals surface area contributed by atoms with Crippen LogP contribution in [0.15, 0.2) is 11.1 Å². The van der Waals surface area contributed by atoms with Crippen LogP contribution in [0.1, 0.15) is 12.1 Å². The average molecular weight is 277 g/mol. The second-order valence-corrected chi connectivity index (χ2v) is 5.65. The van der Waals surface area contributed by atoms with Gasteiger partial charge in [0, 0.05) is 17.2 Å². The molecule has 0 bridgehead atoms. The van der Waals surface area contributed by atoms with E-state index in [1.165, 1.54) is 6.92 Å². The Balaban J connectivity index is 2.90. The molecule has 0 saturated heterocycles. The highest BCUT2D eigenvalue weighted by molar-refractivity contribution is 8.13. The minimum Gasteiger partial charge on any atom is -0.268 e. The van der Waals surface area contributed by atoms with Crippen molar-refractivity contribution in [3.63, 3.8) is 0 Å². The molecular weight excluding hydrogens is 269 g/mol. The average Bonchev–Trinajstić information content (AvgIpc) is 2.41. The topological polar surface area (TPSA) is 52.0 Å². The van der Waals surface area contributed by atoms with Crippen molar-refractivity contribution in [2.45, 2.75) is 31.0 Å². The van der Waals surface area contributed by atoms with Crippen molar-refractivity contribution in [2.75, 3.05) is 0 Å². The maximum absolute atomic E-state index is 11.9. The van der Waals surface area contributed by atoms with Gasteiger partial charge < -0.3 is 0 Å². The number of aryl methyl sites for hydroxylation is 1. The smallest absolute Gasteiger partial charge is 0.268 e. The molecule has 0 aliphatic heterocycles. The predicted octanol–water partition coefficient (Wildman–Crippen LogP) is 2.07. The summed E-state index contributed by atoms with van der Waals surface area (Å²) in [6.45, 7) is 0.917. The zero-order valence-corrected chi connectivity index (χ0v) is 9.70. The first-order valence-electron chi connectivity index (χ1n) is 4.15. The first-order chi connectivity index (χ1) is 7.11. The number of alkyl halides is 3. The quantitative estimate of drug-likeness (QED) is 0.794. The van der Waals surface area contributed by atoms with Crippen LogP contribution in [0.4, 0.5) is 13.2 Å². The fourth-order valence-electron chi connectivity index (χ4n) is 1.13. The lowest BCUT2D eigenvalue weighted by Crippen LogP contribution is -2.14. The Morgan fingerprint density at radius 1 is 1.50 bits per heavy atom. The summed E-state index contributed by atoms with van der Waals surface area (Å²) in [6.07, 6.45) is -4.44. The SMILES string of the molecule is Cc1c(S(=O)(=O)Cl)cnn1CCC(F)(F)F. The highest BCUT2D eigenvalue weighted by atomic mass is 35.7. The molecule has 16 heavy (non-hydrogen) atoms. The zero-order valence-electron chi connectivity index (χ0n) is 8.12. The number of hydrogen-bond acceptors (Lipinski definition) is 3. The van der Waals surface area contributed by atoms with Crippen molar-refractivity contribution in [3.8, 4) is 0 Å². The van der Waals surface area contributed by atoms with Crippen LogP contribution in [0.5, 0.6) is 0 Å². The summed E-state index contributed by atoms with van der Waals surface area (Å²) in [4.78, 5) is -0.267. The Morgan fingerprint density at radius 2 is 2.06 bits per heavy atom. The molecule has 1 aromatic heterocycles. The molecular formula is C7H8ClF3N2O2S. The molecule has 0 spiro atoms. The fraction of sp³-hybridized carbons (Fsp3) is 0.571. The number of rotatable bonds is 3. The lowest BCUT2D eigenvalue weighted by molar-refractivity contribution is -0.137. The number of hydrogen-bond donors (Lipinski definition) is 0. The molecule has 1 heterocycles. The molecule has 0 saturated carbocycles. The number of nitrogens with zero attached hydrogens (tertiary/aromatic N) is 2. The molecule has 9 heteroatoms. The highest BCUT2D eigenvalue weighted by Gasteiger charge is 2.28. The van der Waals surface area contributed by atoms with Gasteiger partial charge in [-0.05, 0) is 6.92 Å². The van der Waals surface area contributed by atoms with Gasteiger partial charge in [-0.15, -0.1) is 0 Å². The molecule has 0 aliphatic rings. The Kier molecular flexibility index (Phi) is 3.53. The van der Waals surface area contributed by atoms with Crippen molar-refractivity contribution >= 4 is 19.7 Å². The first-order valence-corrected chi connectivity index (χ1v) is 6.46. The Labute approximate surface area is 94.4 Å². The molecule has 0 fully saturated rings. The third-order valence-corrected chi connectivity index (χ3v) is 3.35. The molecule has 1 aromatic rings. The third kappa shape index (κ3) is 3.38. The van der Waals surface area contributed by atoms with Crippen LogP contribution in [-0.4, -0.2) is 24.4 Å². The van der Waals surface area contributed by atoms with E-state index >= 15 is 0 Å². The van der Waals surface area contributed by atoms with Gasteiger partial charge in [0.25, 0.3) is 9.05 Å². The van der Waals surface area contributed by atoms with Crippen LogP contribution < -0.4 is 0 Å². The minimum absolute atomic E-state index is 0.0965. The molecule has 0 unspecified atom stereocenters. The maximum Gasteiger partial charge on any atom is 0.390 e. The summed E-state index contributed by atoms with van der Waals surface area (Å²) in [5.74, 6) is 0. The van der Waals surface area contributed by atoms with Crippen molar-refractivity contribution in [1.29, 1.82) is 0 Å². The molecule has 0 radical (unpaired) electrons. The van der Waals surface area contributed by atoms with E-state index in [2.05, 4.69) is 5.10 Å². The number of aromatic nitrogens is 2. The fourth-order valence-corrected chi connectivity index (χ4v) is 2.21. The van der Waals surface area contributed by atoms with Gasteiger partial charge in [0.05, 0.1) is 18.3 Å². The van der Waals surface area contributed by atoms with Gasteiger partial charge in [0.2, 0.25) is 0 Å². The van der Waals surface area contributed by atoms with Crippen LogP contribution >= 0.6 is 10.7 Å². The van der Waals surface area contributed by atoms with Crippen LogP contribution in [0.2, 0.25) is 0 Å². The lowest BCUT2D eigenvalue weighted by Gasteiger charge is -2.07. The van der Waals surface area contributed by atoms with E-state index < -0.39 is 28.2 Å². The molecule has 0 amide bonds. The molecule has 0 aliphatic carbocycles. The van der Waals surface area contributed by atoms with Gasteiger partial charge >= 0.3 is 6.18 Å². The molecule has 0 N–H and O–H groups in total. The maximum atomic E-state index is 11.9. The second-order valence-electron chi connectivity index (χ2n) is 3.12. The van der Waals surface area contributed by atoms with Crippen LogP contribution in [0, 0.1) is 6.92 Å². The van der Waals surface area contributed by atoms with Crippen molar-refractivity contribution in [3.05, 3.63) is 11.9 Å². The summed E-state index contributed by atoms with van der Waals surface area (Å²) in [5.41, 5.74) is 0.0965. The Hall–Kier alpha value is -0.760. The molecule has 1 rings (SSSR count). The standard InChI is InChI=1S/C7H8ClF3N2O2S/c1-5-6(16(8,14)15)4-12-13(5)3-2-7(9,10)11/h4H,2-3H2,1H3. The van der Waals surface area contributed by atoms with E-state index in [-0.39, 0.29) is 10.6 Å². The summed E-state index contributed by atoms with van der Waals surface area (Å²) >= 11 is 0. The van der Waals surface area contributed by atoms with Gasteiger partial charge in [-0.1, -0.05) is 0 Å². The summed E-state index contributed by atoms with van der Waals surface area (Å²) < 4.78 is 58.7. The minimum atomic E-state index is -4.31. The van der Waals surface area contributed by atoms with Gasteiger partial charge in [-0.25, -0.2) is 8.42 Å². The molecule has 0 atom stereocenters. The first kappa shape index (κ1) is 13.3. The predicted molar refractivity (Wildman–Crippen MR) is 50.7 cm³/mol. The van der Waals surface area contributed by atoms with Gasteiger partial charge in [0.15, 0.2) is 0 Å². The van der Waals surface area contributed by atoms with Crippen LogP contribution in [-0.2, 0) is 15.6 Å². The summed E-state index contributed by atoms with van der Waals surface area (Å²) in [6, 6.07) is 0.